The van der Waals surface area contributed by atoms with Crippen molar-refractivity contribution in [1.82, 2.24) is 10.6 Å². The topological polar surface area (TPSA) is 36.4 Å². The fourth-order valence-electron chi connectivity index (χ4n) is 1.83. The molecule has 0 aromatic heterocycles. The average Bonchev–Trinajstić information content (AvgIpc) is 3.30. The Kier molecular flexibility index (Phi) is 7.68. The number of halogens is 4. The average molecular weight is 437 g/mol. The lowest BCUT2D eigenvalue weighted by Crippen LogP contribution is -2.38. The number of hydrogen-bond acceptors (Lipinski definition) is 1. The molecule has 0 unspecified atom stereocenters. The van der Waals surface area contributed by atoms with E-state index in [1.54, 1.807) is 13.1 Å². The second-order valence-corrected chi connectivity index (χ2v) is 5.13. The monoisotopic (exact) mass is 437 g/mol. The highest BCUT2D eigenvalue weighted by atomic mass is 127. The molecule has 0 spiro atoms. The summed E-state index contributed by atoms with van der Waals surface area (Å²) >= 11 is 0. The Bertz CT molecular complexity index is 599. The van der Waals surface area contributed by atoms with E-state index in [0.717, 1.165) is 24.6 Å². The molecule has 0 aliphatic heterocycles. The van der Waals surface area contributed by atoms with Crippen molar-refractivity contribution in [3.63, 3.8) is 0 Å². The lowest BCUT2D eigenvalue weighted by atomic mass is 10.1. The van der Waals surface area contributed by atoms with Gasteiger partial charge in [-0.25, -0.2) is 0 Å². The molecule has 0 heterocycles. The van der Waals surface area contributed by atoms with Crippen LogP contribution in [0, 0.1) is 17.8 Å². The molecule has 1 aromatic carbocycles. The molecule has 0 bridgehead atoms. The molecule has 126 valence electrons. The van der Waals surface area contributed by atoms with Crippen LogP contribution >= 0.6 is 24.0 Å². The SMILES string of the molecule is CN=C(NCC#Cc1cccc(C(F)(F)F)c1)NCC1CC1.I. The summed E-state index contributed by atoms with van der Waals surface area (Å²) < 4.78 is 37.7. The molecular formula is C16H19F3IN3. The van der Waals surface area contributed by atoms with E-state index in [-0.39, 0.29) is 24.0 Å². The van der Waals surface area contributed by atoms with Crippen molar-refractivity contribution in [2.75, 3.05) is 20.1 Å². The first-order chi connectivity index (χ1) is 10.5. The number of aliphatic imine (C=N–C) groups is 1. The smallest absolute Gasteiger partial charge is 0.356 e. The van der Waals surface area contributed by atoms with Crippen LogP contribution < -0.4 is 10.6 Å². The zero-order valence-electron chi connectivity index (χ0n) is 12.7. The Balaban J connectivity index is 0.00000264. The first-order valence-electron chi connectivity index (χ1n) is 7.09. The van der Waals surface area contributed by atoms with Gasteiger partial charge in [0.25, 0.3) is 0 Å². The lowest BCUT2D eigenvalue weighted by Gasteiger charge is -2.08. The Hall–Kier alpha value is -1.43. The lowest BCUT2D eigenvalue weighted by molar-refractivity contribution is -0.137. The second-order valence-electron chi connectivity index (χ2n) is 5.13. The molecule has 1 aromatic rings. The van der Waals surface area contributed by atoms with Crippen molar-refractivity contribution in [2.24, 2.45) is 10.9 Å². The molecule has 3 nitrogen and oxygen atoms in total. The highest BCUT2D eigenvalue weighted by molar-refractivity contribution is 14.0. The highest BCUT2D eigenvalue weighted by Gasteiger charge is 2.30. The standard InChI is InChI=1S/C16H18F3N3.HI/c1-20-15(22-11-13-7-8-13)21-9-3-5-12-4-2-6-14(10-12)16(17,18)19;/h2,4,6,10,13H,7-9,11H2,1H3,(H2,20,21,22);1H. The summed E-state index contributed by atoms with van der Waals surface area (Å²) in [5.74, 6) is 6.91. The number of guanidine groups is 1. The van der Waals surface area contributed by atoms with Gasteiger partial charge in [-0.3, -0.25) is 4.99 Å². The van der Waals surface area contributed by atoms with Crippen LogP contribution in [0.4, 0.5) is 13.2 Å². The van der Waals surface area contributed by atoms with Gasteiger partial charge in [0.05, 0.1) is 12.1 Å². The van der Waals surface area contributed by atoms with Crippen LogP contribution in [-0.2, 0) is 6.18 Å². The Labute approximate surface area is 151 Å². The molecule has 0 amide bonds. The molecule has 23 heavy (non-hydrogen) atoms. The highest BCUT2D eigenvalue weighted by Crippen LogP contribution is 2.29. The maximum Gasteiger partial charge on any atom is 0.416 e. The minimum atomic E-state index is -4.34. The van der Waals surface area contributed by atoms with Gasteiger partial charge in [-0.1, -0.05) is 17.9 Å². The van der Waals surface area contributed by atoms with Gasteiger partial charge in [-0.2, -0.15) is 13.2 Å². The summed E-state index contributed by atoms with van der Waals surface area (Å²) in [6.45, 7) is 1.21. The first-order valence-corrected chi connectivity index (χ1v) is 7.09. The van der Waals surface area contributed by atoms with Gasteiger partial charge < -0.3 is 10.6 Å². The van der Waals surface area contributed by atoms with E-state index >= 15 is 0 Å². The van der Waals surface area contributed by atoms with Crippen LogP contribution in [0.3, 0.4) is 0 Å². The fourth-order valence-corrected chi connectivity index (χ4v) is 1.83. The minimum absolute atomic E-state index is 0. The van der Waals surface area contributed by atoms with Gasteiger partial charge >= 0.3 is 6.18 Å². The maximum absolute atomic E-state index is 12.6. The van der Waals surface area contributed by atoms with Gasteiger partial charge in [0.15, 0.2) is 5.96 Å². The Morgan fingerprint density at radius 3 is 2.65 bits per heavy atom. The number of hydrogen-bond donors (Lipinski definition) is 2. The Morgan fingerprint density at radius 2 is 2.04 bits per heavy atom. The minimum Gasteiger partial charge on any atom is -0.356 e. The zero-order valence-corrected chi connectivity index (χ0v) is 15.0. The van der Waals surface area contributed by atoms with Crippen molar-refractivity contribution in [3.05, 3.63) is 35.4 Å². The number of rotatable bonds is 3. The first kappa shape index (κ1) is 19.6. The Morgan fingerprint density at radius 1 is 1.30 bits per heavy atom. The van der Waals surface area contributed by atoms with E-state index in [4.69, 9.17) is 0 Å². The third-order valence-corrected chi connectivity index (χ3v) is 3.25. The van der Waals surface area contributed by atoms with Gasteiger partial charge in [0.2, 0.25) is 0 Å². The predicted octanol–water partition coefficient (Wildman–Crippen LogP) is 3.25. The number of alkyl halides is 3. The van der Waals surface area contributed by atoms with Gasteiger partial charge in [0.1, 0.15) is 0 Å². The van der Waals surface area contributed by atoms with Crippen molar-refractivity contribution < 1.29 is 13.2 Å². The van der Waals surface area contributed by atoms with Crippen LogP contribution in [0.15, 0.2) is 29.3 Å². The number of nitrogens with one attached hydrogen (secondary N) is 2. The summed E-state index contributed by atoms with van der Waals surface area (Å²) in [5, 5.41) is 6.19. The molecule has 7 heteroatoms. The van der Waals surface area contributed by atoms with Crippen molar-refractivity contribution in [3.8, 4) is 11.8 Å². The van der Waals surface area contributed by atoms with Crippen molar-refractivity contribution in [2.45, 2.75) is 19.0 Å². The van der Waals surface area contributed by atoms with E-state index < -0.39 is 11.7 Å². The number of nitrogens with zero attached hydrogens (tertiary/aromatic N) is 1. The van der Waals surface area contributed by atoms with Crippen LogP contribution in [0.1, 0.15) is 24.0 Å². The van der Waals surface area contributed by atoms with Crippen LogP contribution in [0.2, 0.25) is 0 Å². The molecule has 2 N–H and O–H groups in total. The quantitative estimate of drug-likeness (QED) is 0.330. The van der Waals surface area contributed by atoms with Crippen molar-refractivity contribution >= 4 is 29.9 Å². The summed E-state index contributed by atoms with van der Waals surface area (Å²) in [6.07, 6.45) is -1.84. The van der Waals surface area contributed by atoms with Crippen molar-refractivity contribution in [1.29, 1.82) is 0 Å². The molecular weight excluding hydrogens is 418 g/mol. The van der Waals surface area contributed by atoms with Crippen LogP contribution in [0.5, 0.6) is 0 Å². The molecule has 0 saturated heterocycles. The summed E-state index contributed by atoms with van der Waals surface area (Å²) in [5.41, 5.74) is -0.341. The zero-order chi connectivity index (χ0) is 16.0. The molecule has 2 rings (SSSR count). The molecule has 1 saturated carbocycles. The largest absolute Gasteiger partial charge is 0.416 e. The normalized spacial score (nSPS) is 14.3. The van der Waals surface area contributed by atoms with E-state index in [9.17, 15) is 13.2 Å². The van der Waals surface area contributed by atoms with Gasteiger partial charge in [-0.15, -0.1) is 24.0 Å². The summed E-state index contributed by atoms with van der Waals surface area (Å²) in [6, 6.07) is 5.00. The van der Waals surface area contributed by atoms with E-state index in [0.29, 0.717) is 18.1 Å². The maximum atomic E-state index is 12.6. The second kappa shape index (κ2) is 9.01. The third-order valence-electron chi connectivity index (χ3n) is 3.25. The van der Waals surface area contributed by atoms with E-state index in [1.165, 1.54) is 18.9 Å². The molecule has 1 aliphatic rings. The van der Waals surface area contributed by atoms with Crippen LogP contribution in [-0.4, -0.2) is 26.1 Å². The third kappa shape index (κ3) is 7.12. The predicted molar refractivity (Wildman–Crippen MR) is 95.8 cm³/mol. The summed E-state index contributed by atoms with van der Waals surface area (Å²) in [7, 11) is 1.67. The molecule has 0 radical (unpaired) electrons. The van der Waals surface area contributed by atoms with Crippen LogP contribution in [0.25, 0.3) is 0 Å². The van der Waals surface area contributed by atoms with Gasteiger partial charge in [0, 0.05) is 19.2 Å². The number of benzene rings is 1. The van der Waals surface area contributed by atoms with E-state index in [2.05, 4.69) is 27.5 Å². The van der Waals surface area contributed by atoms with Gasteiger partial charge in [-0.05, 0) is 37.0 Å². The molecule has 1 aliphatic carbocycles. The molecule has 0 atom stereocenters. The molecule has 1 fully saturated rings. The summed E-state index contributed by atoms with van der Waals surface area (Å²) in [4.78, 5) is 4.06. The van der Waals surface area contributed by atoms with E-state index in [1.807, 2.05) is 0 Å². The fraction of sp³-hybridized carbons (Fsp3) is 0.438.